The zero-order valence-electron chi connectivity index (χ0n) is 31.3. The van der Waals surface area contributed by atoms with Gasteiger partial charge in [-0.2, -0.15) is 0 Å². The SMILES string of the molecule is COc1ccc(Cn2nnnc2C=Cc2c(N3CCC(N(CCN(C)C)C(=O)O)CC3)nc3cc(C(=O)Nc4nc(C(C)(C)C)cs4)ccn3c2=O)cc1. The van der Waals surface area contributed by atoms with Crippen LogP contribution in [0.3, 0.4) is 0 Å². The molecule has 0 unspecified atom stereocenters. The maximum atomic E-state index is 14.2. The molecule has 1 aromatic carbocycles. The Kier molecular flexibility index (Phi) is 11.4. The van der Waals surface area contributed by atoms with E-state index in [-0.39, 0.29) is 22.9 Å². The molecular formula is C37H45N11O5S. The number of benzene rings is 1. The van der Waals surface area contributed by atoms with Crippen LogP contribution in [0.4, 0.5) is 15.7 Å². The molecule has 16 nitrogen and oxygen atoms in total. The van der Waals surface area contributed by atoms with Crippen LogP contribution in [0.5, 0.6) is 5.75 Å². The third-order valence-electron chi connectivity index (χ3n) is 9.29. The number of hydrogen-bond acceptors (Lipinski definition) is 12. The van der Waals surface area contributed by atoms with Crippen molar-refractivity contribution in [1.82, 2.24) is 44.4 Å². The number of thiazole rings is 1. The number of piperidine rings is 1. The Balaban J connectivity index is 1.32. The van der Waals surface area contributed by atoms with Crippen molar-refractivity contribution in [2.24, 2.45) is 0 Å². The number of rotatable bonds is 12. The van der Waals surface area contributed by atoms with Gasteiger partial charge in [0.05, 0.1) is 24.9 Å². The lowest BCUT2D eigenvalue weighted by Crippen LogP contribution is -2.49. The van der Waals surface area contributed by atoms with Gasteiger partial charge in [0.25, 0.3) is 11.5 Å². The molecule has 0 bridgehead atoms. The summed E-state index contributed by atoms with van der Waals surface area (Å²) in [5.41, 5.74) is 2.24. The Morgan fingerprint density at radius 3 is 2.46 bits per heavy atom. The number of anilines is 2. The van der Waals surface area contributed by atoms with Crippen molar-refractivity contribution in [3.63, 3.8) is 0 Å². The number of fused-ring (bicyclic) bond motifs is 1. The van der Waals surface area contributed by atoms with E-state index < -0.39 is 6.09 Å². The molecule has 284 valence electrons. The average Bonchev–Trinajstić information content (AvgIpc) is 3.81. The third-order valence-corrected chi connectivity index (χ3v) is 10.0. The van der Waals surface area contributed by atoms with E-state index in [0.717, 1.165) is 17.0 Å². The maximum Gasteiger partial charge on any atom is 0.407 e. The second-order valence-electron chi connectivity index (χ2n) is 14.4. The first-order valence-corrected chi connectivity index (χ1v) is 18.5. The number of amides is 2. The van der Waals surface area contributed by atoms with Crippen LogP contribution in [0.2, 0.25) is 0 Å². The largest absolute Gasteiger partial charge is 0.497 e. The van der Waals surface area contributed by atoms with E-state index in [1.807, 2.05) is 53.5 Å². The summed E-state index contributed by atoms with van der Waals surface area (Å²) in [5.74, 6) is 1.22. The van der Waals surface area contributed by atoms with Crippen LogP contribution in [0, 0.1) is 0 Å². The first-order valence-electron chi connectivity index (χ1n) is 17.6. The summed E-state index contributed by atoms with van der Waals surface area (Å²) in [4.78, 5) is 54.8. The van der Waals surface area contributed by atoms with E-state index >= 15 is 0 Å². The van der Waals surface area contributed by atoms with Crippen LogP contribution in [0.1, 0.15) is 66.6 Å². The molecule has 1 fully saturated rings. The van der Waals surface area contributed by atoms with E-state index in [4.69, 9.17) is 9.72 Å². The molecule has 17 heteroatoms. The van der Waals surface area contributed by atoms with Crippen LogP contribution >= 0.6 is 11.3 Å². The molecule has 1 aliphatic heterocycles. The minimum atomic E-state index is -0.952. The lowest BCUT2D eigenvalue weighted by Gasteiger charge is -2.38. The number of tetrazole rings is 1. The molecule has 2 amide bonds. The maximum absolute atomic E-state index is 14.2. The highest BCUT2D eigenvalue weighted by Gasteiger charge is 2.30. The van der Waals surface area contributed by atoms with Crippen LogP contribution in [0.25, 0.3) is 17.8 Å². The molecule has 5 aromatic rings. The fourth-order valence-corrected chi connectivity index (χ4v) is 7.08. The van der Waals surface area contributed by atoms with Gasteiger partial charge in [-0.15, -0.1) is 16.4 Å². The summed E-state index contributed by atoms with van der Waals surface area (Å²) in [6, 6.07) is 10.6. The van der Waals surface area contributed by atoms with Gasteiger partial charge in [-0.25, -0.2) is 19.4 Å². The van der Waals surface area contributed by atoms with Gasteiger partial charge in [-0.05, 0) is 79.3 Å². The molecule has 1 aliphatic rings. The van der Waals surface area contributed by atoms with E-state index in [1.165, 1.54) is 20.6 Å². The number of carboxylic acid groups (broad SMARTS) is 1. The Bertz CT molecular complexity index is 2200. The van der Waals surface area contributed by atoms with Crippen LogP contribution < -0.4 is 20.5 Å². The van der Waals surface area contributed by atoms with Gasteiger partial charge in [0.1, 0.15) is 17.2 Å². The van der Waals surface area contributed by atoms with Crippen LogP contribution in [-0.4, -0.2) is 115 Å². The normalized spacial score (nSPS) is 13.9. The van der Waals surface area contributed by atoms with E-state index in [0.29, 0.717) is 79.1 Å². The molecule has 54 heavy (non-hydrogen) atoms. The number of aromatic nitrogens is 7. The fourth-order valence-electron chi connectivity index (χ4n) is 6.15. The minimum Gasteiger partial charge on any atom is -0.497 e. The topological polar surface area (TPSA) is 176 Å². The molecule has 2 N–H and O–H groups in total. The molecule has 0 aliphatic carbocycles. The molecule has 0 radical (unpaired) electrons. The highest BCUT2D eigenvalue weighted by atomic mass is 32.1. The number of nitrogens with zero attached hydrogens (tertiary/aromatic N) is 10. The Labute approximate surface area is 316 Å². The predicted molar refractivity (Wildman–Crippen MR) is 208 cm³/mol. The molecule has 0 atom stereocenters. The Morgan fingerprint density at radius 2 is 1.81 bits per heavy atom. The van der Waals surface area contributed by atoms with Gasteiger partial charge in [0, 0.05) is 54.8 Å². The number of hydrogen-bond donors (Lipinski definition) is 2. The molecule has 1 saturated heterocycles. The number of pyridine rings is 1. The summed E-state index contributed by atoms with van der Waals surface area (Å²) < 4.78 is 8.30. The molecule has 0 saturated carbocycles. The smallest absolute Gasteiger partial charge is 0.407 e. The Morgan fingerprint density at radius 1 is 1.07 bits per heavy atom. The van der Waals surface area contributed by atoms with Crippen molar-refractivity contribution < 1.29 is 19.4 Å². The summed E-state index contributed by atoms with van der Waals surface area (Å²) in [6.45, 7) is 8.50. The predicted octanol–water partition coefficient (Wildman–Crippen LogP) is 4.43. The van der Waals surface area contributed by atoms with Gasteiger partial charge >= 0.3 is 6.09 Å². The number of nitrogens with one attached hydrogen (secondary N) is 1. The van der Waals surface area contributed by atoms with Crippen molar-refractivity contribution in [3.8, 4) is 5.75 Å². The highest BCUT2D eigenvalue weighted by Crippen LogP contribution is 2.28. The molecule has 0 spiro atoms. The van der Waals surface area contributed by atoms with Crippen molar-refractivity contribution in [2.45, 2.75) is 51.6 Å². The number of ether oxygens (including phenoxy) is 1. The van der Waals surface area contributed by atoms with Crippen molar-refractivity contribution >= 4 is 52.1 Å². The average molecular weight is 756 g/mol. The van der Waals surface area contributed by atoms with Gasteiger partial charge in [-0.1, -0.05) is 32.9 Å². The van der Waals surface area contributed by atoms with Gasteiger partial charge < -0.3 is 24.5 Å². The fraction of sp³-hybridized carbons (Fsp3) is 0.405. The van der Waals surface area contributed by atoms with E-state index in [9.17, 15) is 19.5 Å². The highest BCUT2D eigenvalue weighted by molar-refractivity contribution is 7.14. The molecule has 4 aromatic heterocycles. The zero-order valence-corrected chi connectivity index (χ0v) is 32.1. The first kappa shape index (κ1) is 38.1. The van der Waals surface area contributed by atoms with Crippen LogP contribution in [0.15, 0.2) is 52.8 Å². The monoisotopic (exact) mass is 755 g/mol. The molecule has 5 heterocycles. The van der Waals surface area contributed by atoms with Crippen molar-refractivity contribution in [2.75, 3.05) is 57.6 Å². The zero-order chi connectivity index (χ0) is 38.6. The second-order valence-corrected chi connectivity index (χ2v) is 15.3. The lowest BCUT2D eigenvalue weighted by molar-refractivity contribution is 0.102. The first-order chi connectivity index (χ1) is 25.8. The van der Waals surface area contributed by atoms with E-state index in [2.05, 4.69) is 46.6 Å². The number of carbonyl (C=O) groups is 2. The summed E-state index contributed by atoms with van der Waals surface area (Å²) >= 11 is 1.35. The summed E-state index contributed by atoms with van der Waals surface area (Å²) in [6.07, 6.45) is 5.04. The molecule has 6 rings (SSSR count). The summed E-state index contributed by atoms with van der Waals surface area (Å²) in [7, 11) is 5.44. The Hall–Kier alpha value is -5.68. The van der Waals surface area contributed by atoms with Crippen LogP contribution in [-0.2, 0) is 12.0 Å². The molecular weight excluding hydrogens is 711 g/mol. The number of likely N-dealkylation sites (N-methyl/N-ethyl adjacent to an activating group) is 1. The number of carbonyl (C=O) groups excluding carboxylic acids is 1. The van der Waals surface area contributed by atoms with Gasteiger partial charge in [-0.3, -0.25) is 19.3 Å². The van der Waals surface area contributed by atoms with E-state index in [1.54, 1.807) is 42.3 Å². The third kappa shape index (κ3) is 8.74. The summed E-state index contributed by atoms with van der Waals surface area (Å²) in [5, 5.41) is 27.5. The minimum absolute atomic E-state index is 0.161. The number of methoxy groups -OCH3 is 1. The van der Waals surface area contributed by atoms with Crippen molar-refractivity contribution in [1.29, 1.82) is 0 Å². The van der Waals surface area contributed by atoms with Gasteiger partial charge in [0.15, 0.2) is 11.0 Å². The lowest BCUT2D eigenvalue weighted by atomic mass is 9.93. The van der Waals surface area contributed by atoms with Gasteiger partial charge in [0.2, 0.25) is 0 Å². The second kappa shape index (κ2) is 16.1. The van der Waals surface area contributed by atoms with Crippen molar-refractivity contribution in [3.05, 3.63) is 86.5 Å². The quantitative estimate of drug-likeness (QED) is 0.184. The standard InChI is InChI=1S/C37H45N11O5S/c1-37(2,3)29-23-54-35(38-29)40-33(49)25-13-18-47-31(21-25)39-32(45-16-14-26(15-17-45)46(36(51)52)20-19-44(4)5)28(34(47)50)11-12-30-41-42-43-48(30)22-24-7-9-27(53-6)10-8-24/h7-13,18,21,23,26H,14-17,19-20,22H2,1-6H3,(H,51,52)(H,38,40,49).